The topological polar surface area (TPSA) is 230 Å². The SMILES string of the molecule is N[C@H]1[C@H](O[C@H]2[C@H](O)[C@@H](Nc3ccc([N+](=O)[O-])cc3)[C@H](O)O[C@@H]2CO)O[C@H](CO)[C@@H](O)[C@@H]1O. The van der Waals surface area contributed by atoms with Gasteiger partial charge in [0.1, 0.15) is 42.7 Å². The second-order valence-electron chi connectivity index (χ2n) is 7.60. The summed E-state index contributed by atoms with van der Waals surface area (Å²) in [4.78, 5) is 10.2. The highest BCUT2D eigenvalue weighted by Crippen LogP contribution is 2.29. The lowest BCUT2D eigenvalue weighted by Crippen LogP contribution is -2.67. The largest absolute Gasteiger partial charge is 0.394 e. The number of nitrogens with zero attached hydrogens (tertiary/aromatic N) is 1. The maximum absolute atomic E-state index is 10.9. The van der Waals surface area contributed by atoms with Crippen LogP contribution in [-0.2, 0) is 14.2 Å². The standard InChI is InChI=1S/C18H27N3O11/c19-11-14(25)13(24)9(5-22)31-18(11)32-16-10(6-23)30-17(27)12(15(16)26)20-7-1-3-8(4-2-7)21(28)29/h1-4,9-18,20,22-27H,5-6,19H2/t9-,10-,11-,12-,13-,14-,15-,16-,17-,18+/m1/s1. The molecule has 2 fully saturated rings. The minimum Gasteiger partial charge on any atom is -0.394 e. The van der Waals surface area contributed by atoms with E-state index < -0.39 is 79.4 Å². The molecule has 9 N–H and O–H groups in total. The van der Waals surface area contributed by atoms with Crippen LogP contribution in [0.15, 0.2) is 24.3 Å². The van der Waals surface area contributed by atoms with Crippen LogP contribution in [0.1, 0.15) is 0 Å². The molecular formula is C18H27N3O11. The van der Waals surface area contributed by atoms with Gasteiger partial charge in [-0.2, -0.15) is 0 Å². The molecular weight excluding hydrogens is 434 g/mol. The van der Waals surface area contributed by atoms with Crippen LogP contribution >= 0.6 is 0 Å². The number of hydrogen-bond donors (Lipinski definition) is 8. The molecule has 180 valence electrons. The molecule has 1 aromatic rings. The van der Waals surface area contributed by atoms with Crippen molar-refractivity contribution in [3.05, 3.63) is 34.4 Å². The number of non-ortho nitro benzene ring substituents is 1. The number of aliphatic hydroxyl groups is 6. The fourth-order valence-corrected chi connectivity index (χ4v) is 3.66. The summed E-state index contributed by atoms with van der Waals surface area (Å²) in [6.45, 7) is -1.29. The first-order chi connectivity index (χ1) is 15.2. The summed E-state index contributed by atoms with van der Waals surface area (Å²) in [5.41, 5.74) is 6.03. The van der Waals surface area contributed by atoms with E-state index in [1.165, 1.54) is 24.3 Å². The molecule has 10 atom stereocenters. The number of aliphatic hydroxyl groups excluding tert-OH is 6. The van der Waals surface area contributed by atoms with Gasteiger partial charge in [0, 0.05) is 17.8 Å². The Labute approximate surface area is 181 Å². The quantitative estimate of drug-likeness (QED) is 0.146. The Hall–Kier alpha value is -1.98. The molecule has 14 heteroatoms. The molecule has 3 rings (SSSR count). The van der Waals surface area contributed by atoms with Crippen LogP contribution in [0.25, 0.3) is 0 Å². The normalized spacial score (nSPS) is 40.1. The number of nitrogens with two attached hydrogens (primary N) is 1. The van der Waals surface area contributed by atoms with Gasteiger partial charge in [0.25, 0.3) is 5.69 Å². The van der Waals surface area contributed by atoms with Crippen LogP contribution < -0.4 is 11.1 Å². The van der Waals surface area contributed by atoms with Crippen LogP contribution in [-0.4, -0.2) is 110 Å². The average molecular weight is 461 g/mol. The predicted octanol–water partition coefficient (Wildman–Crippen LogP) is -3.40. The molecule has 2 aliphatic heterocycles. The molecule has 0 aromatic heterocycles. The molecule has 32 heavy (non-hydrogen) atoms. The van der Waals surface area contributed by atoms with E-state index in [0.717, 1.165) is 0 Å². The number of anilines is 1. The summed E-state index contributed by atoms with van der Waals surface area (Å²) in [5, 5.41) is 73.7. The van der Waals surface area contributed by atoms with Gasteiger partial charge in [-0.05, 0) is 12.1 Å². The van der Waals surface area contributed by atoms with Gasteiger partial charge in [-0.15, -0.1) is 0 Å². The second kappa shape index (κ2) is 10.3. The summed E-state index contributed by atoms with van der Waals surface area (Å²) in [5.74, 6) is 0. The Morgan fingerprint density at radius 2 is 1.62 bits per heavy atom. The van der Waals surface area contributed by atoms with Gasteiger partial charge in [-0.1, -0.05) is 0 Å². The first-order valence-electron chi connectivity index (χ1n) is 9.84. The van der Waals surface area contributed by atoms with Gasteiger partial charge >= 0.3 is 0 Å². The number of rotatable bonds is 7. The van der Waals surface area contributed by atoms with Crippen LogP contribution in [0.3, 0.4) is 0 Å². The Balaban J connectivity index is 1.76. The fourth-order valence-electron chi connectivity index (χ4n) is 3.66. The summed E-state index contributed by atoms with van der Waals surface area (Å²) in [6.07, 6.45) is -11.2. The van der Waals surface area contributed by atoms with E-state index in [1.54, 1.807) is 0 Å². The second-order valence-corrected chi connectivity index (χ2v) is 7.60. The summed E-state index contributed by atoms with van der Waals surface area (Å²) in [6, 6.07) is 2.75. The number of hydrogen-bond acceptors (Lipinski definition) is 13. The van der Waals surface area contributed by atoms with Crippen molar-refractivity contribution < 1.29 is 49.8 Å². The van der Waals surface area contributed by atoms with Crippen molar-refractivity contribution in [3.63, 3.8) is 0 Å². The molecule has 2 saturated heterocycles. The number of nitro groups is 1. The Bertz CT molecular complexity index is 767. The van der Waals surface area contributed by atoms with E-state index in [2.05, 4.69) is 5.32 Å². The number of nitrogens with one attached hydrogen (secondary N) is 1. The van der Waals surface area contributed by atoms with E-state index in [-0.39, 0.29) is 5.69 Å². The van der Waals surface area contributed by atoms with Crippen molar-refractivity contribution in [2.75, 3.05) is 18.5 Å². The molecule has 14 nitrogen and oxygen atoms in total. The first-order valence-corrected chi connectivity index (χ1v) is 9.84. The molecule has 2 heterocycles. The molecule has 0 amide bonds. The van der Waals surface area contributed by atoms with Crippen molar-refractivity contribution in [2.45, 2.75) is 61.3 Å². The third-order valence-corrected chi connectivity index (χ3v) is 5.50. The third kappa shape index (κ3) is 4.99. The van der Waals surface area contributed by atoms with Gasteiger partial charge in [-0.25, -0.2) is 0 Å². The monoisotopic (exact) mass is 461 g/mol. The van der Waals surface area contributed by atoms with Crippen molar-refractivity contribution in [1.29, 1.82) is 0 Å². The first kappa shape index (κ1) is 24.7. The van der Waals surface area contributed by atoms with E-state index in [0.29, 0.717) is 5.69 Å². The Kier molecular flexibility index (Phi) is 7.94. The Morgan fingerprint density at radius 1 is 1.00 bits per heavy atom. The molecule has 0 unspecified atom stereocenters. The summed E-state index contributed by atoms with van der Waals surface area (Å²) >= 11 is 0. The minimum atomic E-state index is -1.59. The molecule has 1 aromatic carbocycles. The predicted molar refractivity (Wildman–Crippen MR) is 105 cm³/mol. The molecule has 0 radical (unpaired) electrons. The minimum absolute atomic E-state index is 0.152. The lowest BCUT2D eigenvalue weighted by atomic mass is 9.95. The third-order valence-electron chi connectivity index (χ3n) is 5.50. The Morgan fingerprint density at radius 3 is 2.19 bits per heavy atom. The van der Waals surface area contributed by atoms with Gasteiger partial charge in [0.05, 0.1) is 24.2 Å². The van der Waals surface area contributed by atoms with Crippen molar-refractivity contribution >= 4 is 11.4 Å². The zero-order valence-corrected chi connectivity index (χ0v) is 16.7. The highest BCUT2D eigenvalue weighted by atomic mass is 16.7. The van der Waals surface area contributed by atoms with E-state index in [1.807, 2.05) is 0 Å². The molecule has 2 aliphatic rings. The van der Waals surface area contributed by atoms with Gasteiger partial charge in [0.15, 0.2) is 12.6 Å². The number of nitro benzene ring substituents is 1. The fraction of sp³-hybridized carbons (Fsp3) is 0.667. The van der Waals surface area contributed by atoms with E-state index in [4.69, 9.17) is 19.9 Å². The summed E-state index contributed by atoms with van der Waals surface area (Å²) in [7, 11) is 0. The van der Waals surface area contributed by atoms with Crippen molar-refractivity contribution in [3.8, 4) is 0 Å². The van der Waals surface area contributed by atoms with Gasteiger partial charge in [-0.3, -0.25) is 10.1 Å². The smallest absolute Gasteiger partial charge is 0.269 e. The molecule has 0 bridgehead atoms. The lowest BCUT2D eigenvalue weighted by Gasteiger charge is -2.46. The zero-order valence-electron chi connectivity index (χ0n) is 16.7. The molecule has 0 aliphatic carbocycles. The van der Waals surface area contributed by atoms with Crippen LogP contribution in [0.5, 0.6) is 0 Å². The van der Waals surface area contributed by atoms with Gasteiger partial charge < -0.3 is 55.9 Å². The van der Waals surface area contributed by atoms with Gasteiger partial charge in [0.2, 0.25) is 0 Å². The number of ether oxygens (including phenoxy) is 3. The zero-order chi connectivity index (χ0) is 23.6. The van der Waals surface area contributed by atoms with Crippen LogP contribution in [0.2, 0.25) is 0 Å². The van der Waals surface area contributed by atoms with Crippen molar-refractivity contribution in [1.82, 2.24) is 0 Å². The maximum atomic E-state index is 10.9. The summed E-state index contributed by atoms with van der Waals surface area (Å²) < 4.78 is 16.4. The average Bonchev–Trinajstić information content (AvgIpc) is 2.78. The lowest BCUT2D eigenvalue weighted by molar-refractivity contribution is -0.384. The highest BCUT2D eigenvalue weighted by molar-refractivity contribution is 5.49. The van der Waals surface area contributed by atoms with E-state index in [9.17, 15) is 40.8 Å². The van der Waals surface area contributed by atoms with Crippen molar-refractivity contribution in [2.24, 2.45) is 5.73 Å². The maximum Gasteiger partial charge on any atom is 0.269 e. The molecule has 0 spiro atoms. The van der Waals surface area contributed by atoms with Crippen LogP contribution in [0.4, 0.5) is 11.4 Å². The van der Waals surface area contributed by atoms with Crippen LogP contribution in [0, 0.1) is 10.1 Å². The molecule has 0 saturated carbocycles. The number of benzene rings is 1. The van der Waals surface area contributed by atoms with E-state index >= 15 is 0 Å². The highest BCUT2D eigenvalue weighted by Gasteiger charge is 2.50.